The number of hydrogen-bond donors (Lipinski definition) is 0. The van der Waals surface area contributed by atoms with E-state index in [9.17, 15) is 0 Å². The third-order valence-corrected chi connectivity index (χ3v) is 2.70. The molecular weight excluding hydrogens is 214 g/mol. The zero-order chi connectivity index (χ0) is 13.3. The third-order valence-electron chi connectivity index (χ3n) is 2.70. The molecule has 0 bridgehead atoms. The van der Waals surface area contributed by atoms with E-state index in [-0.39, 0.29) is 6.15 Å². The Labute approximate surface area is 103 Å². The van der Waals surface area contributed by atoms with Crippen LogP contribution in [0.5, 0.6) is 0 Å². The van der Waals surface area contributed by atoms with Crippen molar-refractivity contribution in [2.24, 2.45) is 0 Å². The van der Waals surface area contributed by atoms with Gasteiger partial charge in [0, 0.05) is 19.8 Å². The van der Waals surface area contributed by atoms with Gasteiger partial charge in [0.2, 0.25) is 0 Å². The fourth-order valence-corrected chi connectivity index (χ4v) is 1.70. The molecule has 94 valence electrons. The lowest BCUT2D eigenvalue weighted by Crippen LogP contribution is -2.08. The van der Waals surface area contributed by atoms with Gasteiger partial charge in [-0.3, -0.25) is 0 Å². The van der Waals surface area contributed by atoms with Crippen LogP contribution in [-0.4, -0.2) is 20.2 Å². The summed E-state index contributed by atoms with van der Waals surface area (Å²) in [6.07, 6.45) is 2.79. The Morgan fingerprint density at radius 3 is 2.00 bits per heavy atom. The number of carbonyl (C=O) groups excluding carboxylic acids is 2. The second kappa shape index (κ2) is 8.54. The second-order valence-corrected chi connectivity index (χ2v) is 4.26. The van der Waals surface area contributed by atoms with Gasteiger partial charge in [-0.25, -0.2) is 0 Å². The van der Waals surface area contributed by atoms with Gasteiger partial charge in [-0.15, -0.1) is 0 Å². The molecule has 0 saturated heterocycles. The van der Waals surface area contributed by atoms with Crippen molar-refractivity contribution in [1.82, 2.24) is 0 Å². The Hall–Kier alpha value is -1.60. The Kier molecular flexibility index (Phi) is 7.74. The Bertz CT molecular complexity index is 338. The quantitative estimate of drug-likeness (QED) is 0.804. The molecule has 0 aliphatic rings. The molecule has 0 saturated carbocycles. The predicted octanol–water partition coefficient (Wildman–Crippen LogP) is 3.07. The van der Waals surface area contributed by atoms with Crippen LogP contribution in [0.1, 0.15) is 38.2 Å². The summed E-state index contributed by atoms with van der Waals surface area (Å²) in [5, 5.41) is 0. The van der Waals surface area contributed by atoms with Crippen LogP contribution in [0.3, 0.4) is 0 Å². The number of hydrogen-bond acceptors (Lipinski definition) is 3. The molecule has 0 N–H and O–H groups in total. The monoisotopic (exact) mass is 235 g/mol. The molecule has 1 aromatic carbocycles. The number of anilines is 1. The summed E-state index contributed by atoms with van der Waals surface area (Å²) in [5.74, 6) is 0.691. The molecule has 1 atom stereocenters. The first-order valence-corrected chi connectivity index (χ1v) is 5.83. The van der Waals surface area contributed by atoms with Crippen molar-refractivity contribution in [2.45, 2.75) is 32.6 Å². The lowest BCUT2D eigenvalue weighted by molar-refractivity contribution is -0.191. The van der Waals surface area contributed by atoms with Crippen LogP contribution in [0.2, 0.25) is 0 Å². The van der Waals surface area contributed by atoms with E-state index in [1.165, 1.54) is 24.1 Å². The minimum Gasteiger partial charge on any atom is -0.378 e. The molecule has 0 aliphatic carbocycles. The van der Waals surface area contributed by atoms with Crippen molar-refractivity contribution < 1.29 is 9.59 Å². The van der Waals surface area contributed by atoms with E-state index in [2.05, 4.69) is 57.1 Å². The molecule has 3 heteroatoms. The zero-order valence-electron chi connectivity index (χ0n) is 11.1. The van der Waals surface area contributed by atoms with Gasteiger partial charge < -0.3 is 4.90 Å². The average Bonchev–Trinajstić information content (AvgIpc) is 2.30. The van der Waals surface area contributed by atoms with Crippen LogP contribution in [0.25, 0.3) is 0 Å². The maximum atomic E-state index is 8.12. The highest BCUT2D eigenvalue weighted by molar-refractivity contribution is 5.46. The maximum Gasteiger partial charge on any atom is 0.373 e. The summed E-state index contributed by atoms with van der Waals surface area (Å²) >= 11 is 0. The first kappa shape index (κ1) is 15.4. The fourth-order valence-electron chi connectivity index (χ4n) is 1.70. The Morgan fingerprint density at radius 2 is 1.65 bits per heavy atom. The minimum absolute atomic E-state index is 0.250. The van der Waals surface area contributed by atoms with Crippen molar-refractivity contribution in [3.63, 3.8) is 0 Å². The van der Waals surface area contributed by atoms with Crippen molar-refractivity contribution in [2.75, 3.05) is 19.0 Å². The van der Waals surface area contributed by atoms with Gasteiger partial charge >= 0.3 is 6.15 Å². The molecule has 1 aromatic rings. The summed E-state index contributed by atoms with van der Waals surface area (Å²) in [6, 6.07) is 8.88. The van der Waals surface area contributed by atoms with Gasteiger partial charge in [-0.2, -0.15) is 9.59 Å². The standard InChI is InChI=1S/C13H21N.CO2/c1-5-6-11(2)12-7-9-13(10-8-12)14(3)4;2-1-3/h7-11H,5-6H2,1-4H3;. The Morgan fingerprint density at radius 1 is 1.18 bits per heavy atom. The van der Waals surface area contributed by atoms with Gasteiger partial charge in [-0.1, -0.05) is 32.4 Å². The smallest absolute Gasteiger partial charge is 0.373 e. The van der Waals surface area contributed by atoms with Crippen molar-refractivity contribution in [3.05, 3.63) is 29.8 Å². The number of nitrogens with zero attached hydrogens (tertiary/aromatic N) is 1. The maximum absolute atomic E-state index is 8.12. The topological polar surface area (TPSA) is 37.4 Å². The lowest BCUT2D eigenvalue weighted by atomic mass is 9.96. The summed E-state index contributed by atoms with van der Waals surface area (Å²) in [6.45, 7) is 4.54. The van der Waals surface area contributed by atoms with Gasteiger partial charge in [0.15, 0.2) is 0 Å². The fraction of sp³-hybridized carbons (Fsp3) is 0.500. The van der Waals surface area contributed by atoms with Gasteiger partial charge in [-0.05, 0) is 30.0 Å². The van der Waals surface area contributed by atoms with Crippen molar-refractivity contribution >= 4 is 11.8 Å². The van der Waals surface area contributed by atoms with Crippen LogP contribution < -0.4 is 4.90 Å². The lowest BCUT2D eigenvalue weighted by Gasteiger charge is -2.15. The van der Waals surface area contributed by atoms with E-state index in [0.717, 1.165) is 0 Å². The third kappa shape index (κ3) is 5.88. The van der Waals surface area contributed by atoms with Crippen LogP contribution in [-0.2, 0) is 9.59 Å². The highest BCUT2D eigenvalue weighted by Crippen LogP contribution is 2.22. The molecule has 0 amide bonds. The number of benzene rings is 1. The van der Waals surface area contributed by atoms with Gasteiger partial charge in [0.1, 0.15) is 0 Å². The predicted molar refractivity (Wildman–Crippen MR) is 69.1 cm³/mol. The summed E-state index contributed by atoms with van der Waals surface area (Å²) in [7, 11) is 4.15. The van der Waals surface area contributed by atoms with Crippen LogP contribution in [0, 0.1) is 0 Å². The van der Waals surface area contributed by atoms with Crippen LogP contribution in [0.15, 0.2) is 24.3 Å². The average molecular weight is 235 g/mol. The largest absolute Gasteiger partial charge is 0.378 e. The van der Waals surface area contributed by atoms with E-state index in [1.807, 2.05) is 0 Å². The van der Waals surface area contributed by atoms with E-state index in [0.29, 0.717) is 5.92 Å². The van der Waals surface area contributed by atoms with E-state index >= 15 is 0 Å². The van der Waals surface area contributed by atoms with E-state index in [4.69, 9.17) is 9.59 Å². The number of rotatable bonds is 4. The minimum atomic E-state index is 0.250. The molecule has 0 spiro atoms. The molecule has 0 radical (unpaired) electrons. The normalized spacial score (nSPS) is 10.8. The molecule has 17 heavy (non-hydrogen) atoms. The van der Waals surface area contributed by atoms with E-state index < -0.39 is 0 Å². The van der Waals surface area contributed by atoms with E-state index in [1.54, 1.807) is 0 Å². The molecule has 0 aliphatic heterocycles. The SMILES string of the molecule is CCCC(C)c1ccc(N(C)C)cc1.O=C=O. The molecule has 0 fully saturated rings. The zero-order valence-corrected chi connectivity index (χ0v) is 11.1. The molecule has 0 heterocycles. The second-order valence-electron chi connectivity index (χ2n) is 4.26. The summed E-state index contributed by atoms with van der Waals surface area (Å²) < 4.78 is 0. The summed E-state index contributed by atoms with van der Waals surface area (Å²) in [5.41, 5.74) is 2.73. The highest BCUT2D eigenvalue weighted by atomic mass is 16.2. The Balaban J connectivity index is 0.000000770. The molecule has 0 aromatic heterocycles. The molecule has 1 unspecified atom stereocenters. The van der Waals surface area contributed by atoms with Crippen LogP contribution in [0.4, 0.5) is 5.69 Å². The molecule has 3 nitrogen and oxygen atoms in total. The molecule has 1 rings (SSSR count). The van der Waals surface area contributed by atoms with Crippen LogP contribution >= 0.6 is 0 Å². The van der Waals surface area contributed by atoms with Gasteiger partial charge in [0.25, 0.3) is 0 Å². The van der Waals surface area contributed by atoms with Crippen molar-refractivity contribution in [1.29, 1.82) is 0 Å². The highest BCUT2D eigenvalue weighted by Gasteiger charge is 2.03. The van der Waals surface area contributed by atoms with Crippen molar-refractivity contribution in [3.8, 4) is 0 Å². The van der Waals surface area contributed by atoms with Gasteiger partial charge in [0.05, 0.1) is 0 Å². The summed E-state index contributed by atoms with van der Waals surface area (Å²) in [4.78, 5) is 18.4. The molecular formula is C14H21NO2. The first-order chi connectivity index (χ1) is 8.06. The first-order valence-electron chi connectivity index (χ1n) is 5.83.